The molecule has 5 amide bonds. The highest BCUT2D eigenvalue weighted by Gasteiger charge is 2.27. The fraction of sp³-hybridized carbons (Fsp3) is 0.429. The number of benzene rings is 1. The summed E-state index contributed by atoms with van der Waals surface area (Å²) < 4.78 is 0. The number of carbonyl (C=O) groups is 5. The molecule has 0 aliphatic carbocycles. The Labute approximate surface area is 269 Å². The number of aromatic nitrogens is 1. The second-order valence-corrected chi connectivity index (χ2v) is 12.0. The molecular formula is C35H42N6O5. The molecule has 3 aliphatic rings. The molecule has 0 unspecified atom stereocenters. The first-order valence-electron chi connectivity index (χ1n) is 16.2. The van der Waals surface area contributed by atoms with Gasteiger partial charge in [-0.05, 0) is 67.2 Å². The lowest BCUT2D eigenvalue weighted by Crippen LogP contribution is -2.49. The van der Waals surface area contributed by atoms with Crippen molar-refractivity contribution in [2.24, 2.45) is 5.92 Å². The van der Waals surface area contributed by atoms with Crippen molar-refractivity contribution in [2.45, 2.75) is 38.5 Å². The lowest BCUT2D eigenvalue weighted by atomic mass is 9.91. The van der Waals surface area contributed by atoms with Crippen LogP contribution in [0.3, 0.4) is 0 Å². The summed E-state index contributed by atoms with van der Waals surface area (Å²) >= 11 is 0. The number of rotatable bonds is 12. The number of hydrogen-bond acceptors (Lipinski definition) is 7. The molecule has 1 N–H and O–H groups in total. The van der Waals surface area contributed by atoms with E-state index in [1.807, 2.05) is 41.3 Å². The first-order valence-corrected chi connectivity index (χ1v) is 16.2. The summed E-state index contributed by atoms with van der Waals surface area (Å²) in [6.45, 7) is 4.74. The number of unbranched alkanes of at least 4 members (excludes halogenated alkanes) is 1. The topological polar surface area (TPSA) is 123 Å². The Morgan fingerprint density at radius 2 is 1.59 bits per heavy atom. The SMILES string of the molecule is O=C(/C=C/c1cccnc1)NCCCCC1CCN(C(=O)c2ccc(N3CCN(C(=O)CCN4C(=O)C=CC4=O)CC3)cc2)CC1. The molecule has 0 saturated carbocycles. The monoisotopic (exact) mass is 626 g/mol. The molecule has 1 aromatic carbocycles. The van der Waals surface area contributed by atoms with Gasteiger partial charge in [-0.25, -0.2) is 0 Å². The van der Waals surface area contributed by atoms with Crippen molar-refractivity contribution in [1.82, 2.24) is 25.0 Å². The van der Waals surface area contributed by atoms with E-state index in [2.05, 4.69) is 15.2 Å². The fourth-order valence-corrected chi connectivity index (χ4v) is 6.13. The van der Waals surface area contributed by atoms with E-state index in [0.29, 0.717) is 44.2 Å². The average Bonchev–Trinajstić information content (AvgIpc) is 3.42. The minimum absolute atomic E-state index is 0.0626. The summed E-state index contributed by atoms with van der Waals surface area (Å²) in [7, 11) is 0. The largest absolute Gasteiger partial charge is 0.368 e. The molecule has 0 radical (unpaired) electrons. The van der Waals surface area contributed by atoms with Crippen molar-refractivity contribution < 1.29 is 24.0 Å². The van der Waals surface area contributed by atoms with Crippen molar-refractivity contribution in [2.75, 3.05) is 57.3 Å². The van der Waals surface area contributed by atoms with Crippen molar-refractivity contribution in [3.8, 4) is 0 Å². The highest BCUT2D eigenvalue weighted by atomic mass is 16.2. The van der Waals surface area contributed by atoms with Crippen LogP contribution in [0, 0.1) is 5.92 Å². The number of likely N-dealkylation sites (tertiary alicyclic amines) is 1. The Bertz CT molecular complexity index is 1420. The van der Waals surface area contributed by atoms with Crippen LogP contribution in [0.15, 0.2) is 67.0 Å². The van der Waals surface area contributed by atoms with E-state index in [-0.39, 0.29) is 42.5 Å². The average molecular weight is 627 g/mol. The molecule has 0 bridgehead atoms. The van der Waals surface area contributed by atoms with E-state index >= 15 is 0 Å². The summed E-state index contributed by atoms with van der Waals surface area (Å²) in [5, 5.41) is 2.94. The number of amides is 5. The number of anilines is 1. The number of imide groups is 1. The summed E-state index contributed by atoms with van der Waals surface area (Å²) in [4.78, 5) is 72.3. The van der Waals surface area contributed by atoms with Crippen LogP contribution in [0.5, 0.6) is 0 Å². The van der Waals surface area contributed by atoms with Crippen LogP contribution >= 0.6 is 0 Å². The van der Waals surface area contributed by atoms with Gasteiger partial charge in [-0.1, -0.05) is 18.9 Å². The molecule has 2 fully saturated rings. The Morgan fingerprint density at radius 3 is 2.26 bits per heavy atom. The fourth-order valence-electron chi connectivity index (χ4n) is 6.13. The van der Waals surface area contributed by atoms with Crippen molar-refractivity contribution >= 4 is 41.3 Å². The maximum atomic E-state index is 13.2. The number of piperazine rings is 1. The number of carbonyl (C=O) groups excluding carboxylic acids is 5. The van der Waals surface area contributed by atoms with Crippen LogP contribution in [-0.4, -0.2) is 102 Å². The van der Waals surface area contributed by atoms with Crippen LogP contribution in [-0.2, 0) is 19.2 Å². The van der Waals surface area contributed by atoms with E-state index in [4.69, 9.17) is 0 Å². The van der Waals surface area contributed by atoms with Gasteiger partial charge in [0, 0.05) is 101 Å². The van der Waals surface area contributed by atoms with Crippen LogP contribution in [0.1, 0.15) is 54.4 Å². The van der Waals surface area contributed by atoms with E-state index in [9.17, 15) is 24.0 Å². The standard InChI is InChI=1S/C35H42N6O5/c42-31(11-6-28-5-3-17-36-26-28)37-18-2-1-4-27-14-19-40(20-15-27)35(46)29-7-9-30(10-8-29)38-22-24-39(25-23-38)32(43)16-21-41-33(44)12-13-34(41)45/h3,5-13,17,26-27H,1-2,4,14-16,18-25H2,(H,37,42)/b11-6+. The van der Waals surface area contributed by atoms with Crippen molar-refractivity contribution in [3.63, 3.8) is 0 Å². The number of nitrogens with zero attached hydrogens (tertiary/aromatic N) is 5. The maximum absolute atomic E-state index is 13.2. The lowest BCUT2D eigenvalue weighted by molar-refractivity contribution is -0.138. The molecule has 46 heavy (non-hydrogen) atoms. The predicted molar refractivity (Wildman–Crippen MR) is 174 cm³/mol. The summed E-state index contributed by atoms with van der Waals surface area (Å²) in [6.07, 6.45) is 14.4. The molecule has 11 heteroatoms. The van der Waals surface area contributed by atoms with Gasteiger partial charge in [0.25, 0.3) is 17.7 Å². The Hall–Kier alpha value is -4.80. The second-order valence-electron chi connectivity index (χ2n) is 12.0. The minimum Gasteiger partial charge on any atom is -0.368 e. The third-order valence-corrected chi connectivity index (χ3v) is 8.91. The van der Waals surface area contributed by atoms with Gasteiger partial charge >= 0.3 is 0 Å². The first-order chi connectivity index (χ1) is 22.4. The zero-order valence-corrected chi connectivity index (χ0v) is 26.2. The zero-order chi connectivity index (χ0) is 32.3. The van der Waals surface area contributed by atoms with Gasteiger partial charge in [0.1, 0.15) is 0 Å². The molecular weight excluding hydrogens is 584 g/mol. The van der Waals surface area contributed by atoms with Gasteiger partial charge in [-0.2, -0.15) is 0 Å². The molecule has 1 aromatic heterocycles. The predicted octanol–water partition coefficient (Wildman–Crippen LogP) is 2.90. The zero-order valence-electron chi connectivity index (χ0n) is 26.2. The molecule has 2 saturated heterocycles. The molecule has 4 heterocycles. The first kappa shape index (κ1) is 32.6. The summed E-state index contributed by atoms with van der Waals surface area (Å²) in [5.41, 5.74) is 2.59. The highest BCUT2D eigenvalue weighted by molar-refractivity contribution is 6.13. The van der Waals surface area contributed by atoms with Gasteiger partial charge in [0.05, 0.1) is 0 Å². The molecule has 5 rings (SSSR count). The number of pyridine rings is 1. The second kappa shape index (κ2) is 16.0. The summed E-state index contributed by atoms with van der Waals surface area (Å²) in [6, 6.07) is 11.5. The molecule has 242 valence electrons. The third kappa shape index (κ3) is 8.89. The molecule has 11 nitrogen and oxygen atoms in total. The lowest BCUT2D eigenvalue weighted by Gasteiger charge is -2.36. The number of hydrogen-bond donors (Lipinski definition) is 1. The minimum atomic E-state index is -0.369. The van der Waals surface area contributed by atoms with Gasteiger partial charge < -0.3 is 20.0 Å². The quantitative estimate of drug-likeness (QED) is 0.218. The third-order valence-electron chi connectivity index (χ3n) is 8.91. The Balaban J connectivity index is 0.956. The van der Waals surface area contributed by atoms with E-state index in [0.717, 1.165) is 61.3 Å². The Morgan fingerprint density at radius 1 is 0.870 bits per heavy atom. The van der Waals surface area contributed by atoms with E-state index < -0.39 is 0 Å². The molecule has 0 spiro atoms. The van der Waals surface area contributed by atoms with Gasteiger partial charge in [0.15, 0.2) is 0 Å². The molecule has 3 aliphatic heterocycles. The van der Waals surface area contributed by atoms with Crippen molar-refractivity contribution in [1.29, 1.82) is 0 Å². The van der Waals surface area contributed by atoms with Gasteiger partial charge in [-0.3, -0.25) is 33.9 Å². The molecule has 0 atom stereocenters. The van der Waals surface area contributed by atoms with Crippen molar-refractivity contribution in [3.05, 3.63) is 78.1 Å². The Kier molecular flexibility index (Phi) is 11.3. The summed E-state index contributed by atoms with van der Waals surface area (Å²) in [5.74, 6) is -0.238. The number of piperidine rings is 1. The number of nitrogens with one attached hydrogen (secondary N) is 1. The van der Waals surface area contributed by atoms with Crippen LogP contribution in [0.25, 0.3) is 6.08 Å². The highest BCUT2D eigenvalue weighted by Crippen LogP contribution is 2.25. The van der Waals surface area contributed by atoms with E-state index in [1.165, 1.54) is 18.2 Å². The van der Waals surface area contributed by atoms with Crippen LogP contribution in [0.2, 0.25) is 0 Å². The van der Waals surface area contributed by atoms with Gasteiger partial charge in [0.2, 0.25) is 11.8 Å². The smallest absolute Gasteiger partial charge is 0.253 e. The maximum Gasteiger partial charge on any atom is 0.253 e. The normalized spacial score (nSPS) is 17.3. The van der Waals surface area contributed by atoms with Crippen LogP contribution < -0.4 is 10.2 Å². The molecule has 2 aromatic rings. The van der Waals surface area contributed by atoms with Gasteiger partial charge in [-0.15, -0.1) is 0 Å². The van der Waals surface area contributed by atoms with E-state index in [1.54, 1.807) is 23.4 Å². The van der Waals surface area contributed by atoms with Crippen LogP contribution in [0.4, 0.5) is 5.69 Å².